The second-order valence-electron chi connectivity index (χ2n) is 3.45. The molecular formula is C11H12ClFO3. The molecule has 0 radical (unpaired) electrons. The molecule has 0 bridgehead atoms. The van der Waals surface area contributed by atoms with Crippen molar-refractivity contribution >= 4 is 17.9 Å². The standard InChI is InChI=1S/C11H12ClFO3/c1-6(3-4-14)7-5-8(12)10(15)9(13)11(7)16-2/h4-6,15H,3H2,1-2H3. The summed E-state index contributed by atoms with van der Waals surface area (Å²) in [4.78, 5) is 10.4. The van der Waals surface area contributed by atoms with Gasteiger partial charge in [-0.1, -0.05) is 18.5 Å². The van der Waals surface area contributed by atoms with E-state index in [-0.39, 0.29) is 23.1 Å². The number of hydrogen-bond acceptors (Lipinski definition) is 3. The van der Waals surface area contributed by atoms with E-state index in [1.165, 1.54) is 13.2 Å². The minimum absolute atomic E-state index is 0.0729. The number of carbonyl (C=O) groups excluding carboxylic acids is 1. The van der Waals surface area contributed by atoms with E-state index in [1.807, 2.05) is 0 Å². The van der Waals surface area contributed by atoms with Crippen LogP contribution in [0.15, 0.2) is 6.07 Å². The summed E-state index contributed by atoms with van der Waals surface area (Å²) >= 11 is 5.66. The lowest BCUT2D eigenvalue weighted by atomic mass is 9.97. The molecular weight excluding hydrogens is 235 g/mol. The van der Waals surface area contributed by atoms with Crippen molar-refractivity contribution in [3.63, 3.8) is 0 Å². The minimum Gasteiger partial charge on any atom is -0.504 e. The van der Waals surface area contributed by atoms with E-state index in [1.54, 1.807) is 6.92 Å². The molecule has 0 spiro atoms. The Balaban J connectivity index is 3.32. The molecule has 1 aromatic carbocycles. The van der Waals surface area contributed by atoms with Gasteiger partial charge in [-0.3, -0.25) is 0 Å². The van der Waals surface area contributed by atoms with Gasteiger partial charge in [0.1, 0.15) is 6.29 Å². The van der Waals surface area contributed by atoms with E-state index in [9.17, 15) is 14.3 Å². The molecule has 0 saturated heterocycles. The summed E-state index contributed by atoms with van der Waals surface area (Å²) in [6.07, 6.45) is 0.972. The van der Waals surface area contributed by atoms with Gasteiger partial charge in [-0.15, -0.1) is 0 Å². The summed E-state index contributed by atoms with van der Waals surface area (Å²) < 4.78 is 18.4. The van der Waals surface area contributed by atoms with Crippen LogP contribution in [0.1, 0.15) is 24.8 Å². The molecule has 0 amide bonds. The van der Waals surface area contributed by atoms with Crippen molar-refractivity contribution in [2.75, 3.05) is 7.11 Å². The maximum atomic E-state index is 13.6. The molecule has 0 aromatic heterocycles. The first-order chi connectivity index (χ1) is 7.52. The number of aromatic hydroxyl groups is 1. The lowest BCUT2D eigenvalue weighted by Crippen LogP contribution is -2.01. The molecule has 5 heteroatoms. The van der Waals surface area contributed by atoms with Crippen LogP contribution in [0, 0.1) is 5.82 Å². The Bertz CT molecular complexity index is 407. The van der Waals surface area contributed by atoms with Gasteiger partial charge in [0.05, 0.1) is 12.1 Å². The van der Waals surface area contributed by atoms with Crippen LogP contribution in [0.5, 0.6) is 11.5 Å². The number of phenols is 1. The molecule has 0 aliphatic heterocycles. The monoisotopic (exact) mass is 246 g/mol. The molecule has 88 valence electrons. The molecule has 0 fully saturated rings. The van der Waals surface area contributed by atoms with Crippen molar-refractivity contribution in [2.45, 2.75) is 19.3 Å². The highest BCUT2D eigenvalue weighted by molar-refractivity contribution is 6.32. The number of hydrogen-bond donors (Lipinski definition) is 1. The first-order valence-corrected chi connectivity index (χ1v) is 5.09. The molecule has 0 aliphatic carbocycles. The summed E-state index contributed by atoms with van der Waals surface area (Å²) in [7, 11) is 1.29. The number of ether oxygens (including phenoxy) is 1. The summed E-state index contributed by atoms with van der Waals surface area (Å²) in [5.41, 5.74) is 0.468. The van der Waals surface area contributed by atoms with Crippen molar-refractivity contribution in [2.24, 2.45) is 0 Å². The number of halogens is 2. The fourth-order valence-corrected chi connectivity index (χ4v) is 1.65. The highest BCUT2D eigenvalue weighted by Crippen LogP contribution is 2.39. The highest BCUT2D eigenvalue weighted by Gasteiger charge is 2.21. The normalized spacial score (nSPS) is 12.2. The average molecular weight is 247 g/mol. The van der Waals surface area contributed by atoms with Gasteiger partial charge in [0.15, 0.2) is 11.5 Å². The zero-order chi connectivity index (χ0) is 12.3. The zero-order valence-electron chi connectivity index (χ0n) is 8.96. The van der Waals surface area contributed by atoms with Crippen molar-refractivity contribution in [1.82, 2.24) is 0 Å². The lowest BCUT2D eigenvalue weighted by Gasteiger charge is -2.15. The third kappa shape index (κ3) is 2.27. The number of rotatable bonds is 4. The smallest absolute Gasteiger partial charge is 0.208 e. The Morgan fingerprint density at radius 3 is 2.81 bits per heavy atom. The van der Waals surface area contributed by atoms with E-state index in [4.69, 9.17) is 16.3 Å². The van der Waals surface area contributed by atoms with Crippen molar-refractivity contribution < 1.29 is 19.0 Å². The Kier molecular flexibility index (Phi) is 4.12. The summed E-state index contributed by atoms with van der Waals surface area (Å²) in [5, 5.41) is 9.21. The molecule has 1 N–H and O–H groups in total. The molecule has 0 aliphatic rings. The Morgan fingerprint density at radius 1 is 1.69 bits per heavy atom. The second-order valence-corrected chi connectivity index (χ2v) is 3.85. The molecule has 1 atom stereocenters. The van der Waals surface area contributed by atoms with E-state index in [0.29, 0.717) is 5.56 Å². The van der Waals surface area contributed by atoms with Crippen LogP contribution in [0.2, 0.25) is 5.02 Å². The lowest BCUT2D eigenvalue weighted by molar-refractivity contribution is -0.108. The van der Waals surface area contributed by atoms with Gasteiger partial charge in [0, 0.05) is 12.0 Å². The van der Waals surface area contributed by atoms with Crippen LogP contribution in [-0.4, -0.2) is 18.5 Å². The third-order valence-corrected chi connectivity index (χ3v) is 2.65. The SMILES string of the molecule is COc1c(C(C)CC=O)cc(Cl)c(O)c1F. The Hall–Kier alpha value is -1.29. The minimum atomic E-state index is -0.900. The molecule has 3 nitrogen and oxygen atoms in total. The summed E-state index contributed by atoms with van der Waals surface area (Å²) in [5.74, 6) is -1.83. The fraction of sp³-hybridized carbons (Fsp3) is 0.364. The van der Waals surface area contributed by atoms with E-state index in [2.05, 4.69) is 0 Å². The second kappa shape index (κ2) is 5.16. The quantitative estimate of drug-likeness (QED) is 0.831. The molecule has 0 saturated carbocycles. The Labute approximate surface area is 97.8 Å². The van der Waals surface area contributed by atoms with Gasteiger partial charge in [-0.25, -0.2) is 0 Å². The predicted octanol–water partition coefficient (Wildman–Crippen LogP) is 2.89. The maximum Gasteiger partial charge on any atom is 0.208 e. The molecule has 1 aromatic rings. The van der Waals surface area contributed by atoms with Crippen LogP contribution >= 0.6 is 11.6 Å². The van der Waals surface area contributed by atoms with E-state index >= 15 is 0 Å². The van der Waals surface area contributed by atoms with Crippen molar-refractivity contribution in [3.8, 4) is 11.5 Å². The topological polar surface area (TPSA) is 46.5 Å². The van der Waals surface area contributed by atoms with Crippen LogP contribution in [0.3, 0.4) is 0 Å². The number of phenolic OH excluding ortho intramolecular Hbond substituents is 1. The average Bonchev–Trinajstić information content (AvgIpc) is 2.26. The number of benzene rings is 1. The van der Waals surface area contributed by atoms with Crippen LogP contribution in [0.25, 0.3) is 0 Å². The van der Waals surface area contributed by atoms with Crippen LogP contribution in [-0.2, 0) is 4.79 Å². The number of carbonyl (C=O) groups is 1. The van der Waals surface area contributed by atoms with Crippen molar-refractivity contribution in [1.29, 1.82) is 0 Å². The maximum absolute atomic E-state index is 13.6. The van der Waals surface area contributed by atoms with Gasteiger partial charge < -0.3 is 14.6 Å². The number of methoxy groups -OCH3 is 1. The summed E-state index contributed by atoms with van der Waals surface area (Å²) in [6.45, 7) is 1.75. The Morgan fingerprint density at radius 2 is 2.31 bits per heavy atom. The first-order valence-electron chi connectivity index (χ1n) is 4.71. The third-order valence-electron chi connectivity index (χ3n) is 2.36. The fourth-order valence-electron chi connectivity index (χ4n) is 1.45. The van der Waals surface area contributed by atoms with Gasteiger partial charge in [-0.05, 0) is 12.0 Å². The van der Waals surface area contributed by atoms with Gasteiger partial charge in [-0.2, -0.15) is 4.39 Å². The molecule has 1 rings (SSSR count). The summed E-state index contributed by atoms with van der Waals surface area (Å²) in [6, 6.07) is 1.41. The highest BCUT2D eigenvalue weighted by atomic mass is 35.5. The van der Waals surface area contributed by atoms with E-state index in [0.717, 1.165) is 6.29 Å². The molecule has 1 unspecified atom stereocenters. The largest absolute Gasteiger partial charge is 0.504 e. The van der Waals surface area contributed by atoms with Crippen LogP contribution < -0.4 is 4.74 Å². The van der Waals surface area contributed by atoms with Gasteiger partial charge >= 0.3 is 0 Å². The first kappa shape index (κ1) is 12.8. The molecule has 0 heterocycles. The van der Waals surface area contributed by atoms with E-state index < -0.39 is 11.6 Å². The zero-order valence-corrected chi connectivity index (χ0v) is 9.71. The predicted molar refractivity (Wildman–Crippen MR) is 58.7 cm³/mol. The van der Waals surface area contributed by atoms with Gasteiger partial charge in [0.2, 0.25) is 5.82 Å². The van der Waals surface area contributed by atoms with Crippen LogP contribution in [0.4, 0.5) is 4.39 Å². The number of aldehydes is 1. The van der Waals surface area contributed by atoms with Gasteiger partial charge in [0.25, 0.3) is 0 Å². The molecule has 16 heavy (non-hydrogen) atoms. The van der Waals surface area contributed by atoms with Crippen molar-refractivity contribution in [3.05, 3.63) is 22.5 Å².